The molecule has 0 radical (unpaired) electrons. The smallest absolute Gasteiger partial charge is 0.160 e. The number of ketones is 1. The van der Waals surface area contributed by atoms with Gasteiger partial charge in [0.2, 0.25) is 0 Å². The van der Waals surface area contributed by atoms with Crippen molar-refractivity contribution in [3.63, 3.8) is 0 Å². The van der Waals surface area contributed by atoms with E-state index in [1.54, 1.807) is 13.0 Å². The van der Waals surface area contributed by atoms with E-state index in [4.69, 9.17) is 11.6 Å². The van der Waals surface area contributed by atoms with E-state index in [1.165, 1.54) is 11.3 Å². The molecule has 1 aromatic rings. The van der Waals surface area contributed by atoms with Gasteiger partial charge in [0.15, 0.2) is 5.78 Å². The molecule has 0 fully saturated rings. The zero-order valence-electron chi connectivity index (χ0n) is 10.8. The molecule has 0 saturated carbocycles. The van der Waals surface area contributed by atoms with Gasteiger partial charge in [-0.25, -0.2) is 0 Å². The van der Waals surface area contributed by atoms with E-state index in [9.17, 15) is 4.79 Å². The first kappa shape index (κ1) is 12.9. The normalized spacial score (nSPS) is 14.2. The number of carbonyl (C=O) groups excluding carboxylic acids is 1. The van der Waals surface area contributed by atoms with Crippen molar-refractivity contribution in [3.05, 3.63) is 52.2 Å². The van der Waals surface area contributed by atoms with Crippen LogP contribution in [-0.4, -0.2) is 24.8 Å². The Morgan fingerprint density at radius 2 is 2.06 bits per heavy atom. The molecule has 0 N–H and O–H groups in total. The van der Waals surface area contributed by atoms with Crippen molar-refractivity contribution < 1.29 is 4.79 Å². The van der Waals surface area contributed by atoms with Gasteiger partial charge in [0.05, 0.1) is 0 Å². The third-order valence-corrected chi connectivity index (χ3v) is 3.31. The summed E-state index contributed by atoms with van der Waals surface area (Å²) < 4.78 is 0. The Labute approximate surface area is 113 Å². The second kappa shape index (κ2) is 4.99. The van der Waals surface area contributed by atoms with Crippen molar-refractivity contribution in [3.8, 4) is 0 Å². The molecule has 0 heterocycles. The monoisotopic (exact) mass is 261 g/mol. The van der Waals surface area contributed by atoms with Crippen molar-refractivity contribution in [1.29, 1.82) is 0 Å². The van der Waals surface area contributed by atoms with E-state index in [0.29, 0.717) is 10.6 Å². The minimum atomic E-state index is 0.0479. The molecule has 0 atom stereocenters. The minimum absolute atomic E-state index is 0.0479. The largest absolute Gasteiger partial charge is 0.378 e. The van der Waals surface area contributed by atoms with Crippen LogP contribution in [0, 0.1) is 0 Å². The predicted octanol–water partition coefficient (Wildman–Crippen LogP) is 3.78. The quantitative estimate of drug-likeness (QED) is 0.772. The second-order valence-corrected chi connectivity index (χ2v) is 5.08. The fraction of sp³-hybridized carbons (Fsp3) is 0.267. The number of nitrogens with zero attached hydrogens (tertiary/aromatic N) is 1. The molecule has 1 aromatic carbocycles. The van der Waals surface area contributed by atoms with Crippen LogP contribution in [0.25, 0.3) is 5.57 Å². The molecule has 0 bridgehead atoms. The highest BCUT2D eigenvalue weighted by Gasteiger charge is 2.15. The summed E-state index contributed by atoms with van der Waals surface area (Å²) in [5.41, 5.74) is 4.03. The van der Waals surface area contributed by atoms with Crippen LogP contribution in [0.3, 0.4) is 0 Å². The molecule has 1 aliphatic rings. The molecule has 0 unspecified atom stereocenters. The van der Waals surface area contributed by atoms with Crippen LogP contribution >= 0.6 is 11.6 Å². The molecule has 3 heteroatoms. The van der Waals surface area contributed by atoms with Gasteiger partial charge in [-0.05, 0) is 42.7 Å². The molecule has 94 valence electrons. The zero-order valence-corrected chi connectivity index (χ0v) is 11.6. The number of carbonyl (C=O) groups is 1. The maximum absolute atomic E-state index is 11.7. The number of benzene rings is 1. The second-order valence-electron chi connectivity index (χ2n) is 4.64. The van der Waals surface area contributed by atoms with Gasteiger partial charge in [0, 0.05) is 30.4 Å². The summed E-state index contributed by atoms with van der Waals surface area (Å²) in [5.74, 6) is 0.0479. The molecule has 0 aliphatic heterocycles. The first-order valence-electron chi connectivity index (χ1n) is 5.88. The third-order valence-electron chi connectivity index (χ3n) is 3.08. The highest BCUT2D eigenvalue weighted by molar-refractivity contribution is 6.31. The van der Waals surface area contributed by atoms with Crippen LogP contribution in [-0.2, 0) is 0 Å². The SMILES string of the molecule is CC(=O)c1cc(Cl)ccc1C1=CC(N(C)C)=CC1. The number of Topliss-reactive ketones (excluding diaryl/α,β-unsaturated/α-hetero) is 1. The molecule has 0 aromatic heterocycles. The van der Waals surface area contributed by atoms with Crippen molar-refractivity contribution >= 4 is 23.0 Å². The van der Waals surface area contributed by atoms with Crippen LogP contribution < -0.4 is 0 Å². The fourth-order valence-corrected chi connectivity index (χ4v) is 2.27. The number of hydrogen-bond donors (Lipinski definition) is 0. The summed E-state index contributed by atoms with van der Waals surface area (Å²) in [6.45, 7) is 1.57. The molecular formula is C15H16ClNO. The van der Waals surface area contributed by atoms with Gasteiger partial charge in [-0.3, -0.25) is 4.79 Å². The number of allylic oxidation sites excluding steroid dienone is 3. The predicted molar refractivity (Wildman–Crippen MR) is 75.8 cm³/mol. The van der Waals surface area contributed by atoms with E-state index < -0.39 is 0 Å². The van der Waals surface area contributed by atoms with Crippen LogP contribution in [0.15, 0.2) is 36.0 Å². The van der Waals surface area contributed by atoms with Crippen LogP contribution in [0.4, 0.5) is 0 Å². The Morgan fingerprint density at radius 3 is 2.61 bits per heavy atom. The lowest BCUT2D eigenvalue weighted by atomic mass is 9.97. The summed E-state index contributed by atoms with van der Waals surface area (Å²) in [7, 11) is 4.03. The highest BCUT2D eigenvalue weighted by Crippen LogP contribution is 2.31. The van der Waals surface area contributed by atoms with Gasteiger partial charge in [-0.1, -0.05) is 23.7 Å². The summed E-state index contributed by atoms with van der Waals surface area (Å²) >= 11 is 5.95. The van der Waals surface area contributed by atoms with Crippen LogP contribution in [0.1, 0.15) is 29.3 Å². The van der Waals surface area contributed by atoms with Gasteiger partial charge in [0.1, 0.15) is 0 Å². The molecule has 0 saturated heterocycles. The van der Waals surface area contributed by atoms with Crippen molar-refractivity contribution in [2.45, 2.75) is 13.3 Å². The zero-order chi connectivity index (χ0) is 13.3. The van der Waals surface area contributed by atoms with Crippen molar-refractivity contribution in [1.82, 2.24) is 4.90 Å². The van der Waals surface area contributed by atoms with Gasteiger partial charge in [0.25, 0.3) is 0 Å². The van der Waals surface area contributed by atoms with E-state index in [-0.39, 0.29) is 5.78 Å². The van der Waals surface area contributed by atoms with Gasteiger partial charge in [-0.15, -0.1) is 0 Å². The lowest BCUT2D eigenvalue weighted by Crippen LogP contribution is -2.07. The summed E-state index contributed by atoms with van der Waals surface area (Å²) in [6, 6.07) is 5.50. The lowest BCUT2D eigenvalue weighted by Gasteiger charge is -2.11. The number of rotatable bonds is 3. The molecular weight excluding hydrogens is 246 g/mol. The van der Waals surface area contributed by atoms with Crippen molar-refractivity contribution in [2.75, 3.05) is 14.1 Å². The molecule has 2 rings (SSSR count). The molecule has 2 nitrogen and oxygen atoms in total. The molecule has 0 spiro atoms. The van der Waals surface area contributed by atoms with Crippen LogP contribution in [0.2, 0.25) is 5.02 Å². The Kier molecular flexibility index (Phi) is 3.58. The first-order valence-corrected chi connectivity index (χ1v) is 6.25. The maximum atomic E-state index is 11.7. The number of likely N-dealkylation sites (N-methyl/N-ethyl adjacent to an activating group) is 1. The Morgan fingerprint density at radius 1 is 1.33 bits per heavy atom. The van der Waals surface area contributed by atoms with Gasteiger partial charge < -0.3 is 4.90 Å². The lowest BCUT2D eigenvalue weighted by molar-refractivity contribution is 0.101. The summed E-state index contributed by atoms with van der Waals surface area (Å²) in [5, 5.41) is 0.600. The summed E-state index contributed by atoms with van der Waals surface area (Å²) in [4.78, 5) is 13.7. The fourth-order valence-electron chi connectivity index (χ4n) is 2.10. The Balaban J connectivity index is 2.42. The third kappa shape index (κ3) is 2.49. The van der Waals surface area contributed by atoms with E-state index in [0.717, 1.165) is 12.0 Å². The van der Waals surface area contributed by atoms with Gasteiger partial charge >= 0.3 is 0 Å². The average Bonchev–Trinajstić information content (AvgIpc) is 2.78. The van der Waals surface area contributed by atoms with E-state index in [1.807, 2.05) is 26.2 Å². The summed E-state index contributed by atoms with van der Waals surface area (Å²) in [6.07, 6.45) is 5.14. The Hall–Kier alpha value is -1.54. The molecule has 0 amide bonds. The first-order chi connectivity index (χ1) is 8.49. The van der Waals surface area contributed by atoms with Gasteiger partial charge in [-0.2, -0.15) is 0 Å². The highest BCUT2D eigenvalue weighted by atomic mass is 35.5. The standard InChI is InChI=1S/C15H16ClNO/c1-10(18)15-9-12(16)5-7-14(15)11-4-6-13(8-11)17(2)3/h5-9H,4H2,1-3H3. The topological polar surface area (TPSA) is 20.3 Å². The minimum Gasteiger partial charge on any atom is -0.378 e. The average molecular weight is 262 g/mol. The van der Waals surface area contributed by atoms with E-state index >= 15 is 0 Å². The molecule has 1 aliphatic carbocycles. The van der Waals surface area contributed by atoms with E-state index in [2.05, 4.69) is 17.1 Å². The number of hydrogen-bond acceptors (Lipinski definition) is 2. The molecule has 18 heavy (non-hydrogen) atoms. The maximum Gasteiger partial charge on any atom is 0.160 e. The Bertz CT molecular complexity index is 556. The van der Waals surface area contributed by atoms with Crippen LogP contribution in [0.5, 0.6) is 0 Å². The number of halogens is 1. The van der Waals surface area contributed by atoms with Crippen molar-refractivity contribution in [2.24, 2.45) is 0 Å².